The van der Waals surface area contributed by atoms with Crippen molar-refractivity contribution < 1.29 is 9.13 Å². The molecule has 1 heterocycles. The van der Waals surface area contributed by atoms with Crippen molar-refractivity contribution in [1.29, 1.82) is 0 Å². The lowest BCUT2D eigenvalue weighted by Gasteiger charge is -2.24. The molecule has 1 aromatic carbocycles. The Balaban J connectivity index is 1.91. The van der Waals surface area contributed by atoms with Gasteiger partial charge < -0.3 is 10.5 Å². The van der Waals surface area contributed by atoms with Gasteiger partial charge in [-0.05, 0) is 42.9 Å². The number of benzene rings is 1. The molecule has 2 N–H and O–H groups in total. The first-order valence-corrected chi connectivity index (χ1v) is 5.84. The average Bonchev–Trinajstić information content (AvgIpc) is 2.31. The van der Waals surface area contributed by atoms with Crippen LogP contribution in [-0.4, -0.2) is 13.2 Å². The van der Waals surface area contributed by atoms with E-state index in [4.69, 9.17) is 10.5 Å². The molecule has 3 heteroatoms. The van der Waals surface area contributed by atoms with Crippen LogP contribution in [0.1, 0.15) is 30.9 Å². The quantitative estimate of drug-likeness (QED) is 0.855. The first-order valence-electron chi connectivity index (χ1n) is 5.84. The minimum absolute atomic E-state index is 0.0173. The highest BCUT2D eigenvalue weighted by Crippen LogP contribution is 2.25. The second-order valence-corrected chi connectivity index (χ2v) is 4.45. The van der Waals surface area contributed by atoms with Crippen molar-refractivity contribution in [3.8, 4) is 0 Å². The number of nitrogens with two attached hydrogens (primary N) is 1. The summed E-state index contributed by atoms with van der Waals surface area (Å²) in [6.45, 7) is 1.70. The zero-order chi connectivity index (χ0) is 11.4. The minimum atomic E-state index is -0.206. The van der Waals surface area contributed by atoms with Gasteiger partial charge in [-0.15, -0.1) is 0 Å². The Hall–Kier alpha value is -0.930. The molecule has 0 amide bonds. The van der Waals surface area contributed by atoms with Gasteiger partial charge in [0.2, 0.25) is 0 Å². The zero-order valence-electron chi connectivity index (χ0n) is 9.36. The molecule has 88 valence electrons. The van der Waals surface area contributed by atoms with Crippen LogP contribution in [-0.2, 0) is 4.74 Å². The van der Waals surface area contributed by atoms with Crippen LogP contribution in [0.3, 0.4) is 0 Å². The van der Waals surface area contributed by atoms with Crippen LogP contribution in [0.15, 0.2) is 24.3 Å². The van der Waals surface area contributed by atoms with Crippen molar-refractivity contribution in [1.82, 2.24) is 0 Å². The zero-order valence-corrected chi connectivity index (χ0v) is 9.36. The van der Waals surface area contributed by atoms with Gasteiger partial charge in [-0.2, -0.15) is 0 Å². The summed E-state index contributed by atoms with van der Waals surface area (Å²) in [6.07, 6.45) is 3.15. The fourth-order valence-corrected chi connectivity index (χ4v) is 2.19. The van der Waals surface area contributed by atoms with Gasteiger partial charge in [0.25, 0.3) is 0 Å². The standard InChI is InChI=1S/C13H18FNO/c14-12-3-1-11(2-4-12)13(15)9-10-5-7-16-8-6-10/h1-4,10,13H,5-9,15H2. The maximum atomic E-state index is 12.8. The highest BCUT2D eigenvalue weighted by atomic mass is 19.1. The molecule has 1 aromatic rings. The van der Waals surface area contributed by atoms with Gasteiger partial charge in [-0.1, -0.05) is 12.1 Å². The third-order valence-corrected chi connectivity index (χ3v) is 3.23. The van der Waals surface area contributed by atoms with Gasteiger partial charge in [-0.25, -0.2) is 4.39 Å². The molecule has 1 aliphatic heterocycles. The number of ether oxygens (including phenoxy) is 1. The van der Waals surface area contributed by atoms with E-state index in [1.165, 1.54) is 12.1 Å². The molecule has 0 radical (unpaired) electrons. The summed E-state index contributed by atoms with van der Waals surface area (Å²) < 4.78 is 18.1. The largest absolute Gasteiger partial charge is 0.381 e. The van der Waals surface area contributed by atoms with E-state index in [0.29, 0.717) is 5.92 Å². The number of halogens is 1. The lowest BCUT2D eigenvalue weighted by molar-refractivity contribution is 0.0618. The Bertz CT molecular complexity index is 319. The van der Waals surface area contributed by atoms with E-state index in [9.17, 15) is 4.39 Å². The Labute approximate surface area is 95.6 Å². The lowest BCUT2D eigenvalue weighted by atomic mass is 9.90. The first kappa shape index (κ1) is 11.6. The van der Waals surface area contributed by atoms with Crippen molar-refractivity contribution >= 4 is 0 Å². The van der Waals surface area contributed by atoms with Crippen molar-refractivity contribution in [2.75, 3.05) is 13.2 Å². The molecule has 0 aromatic heterocycles. The van der Waals surface area contributed by atoms with Crippen LogP contribution in [0.5, 0.6) is 0 Å². The SMILES string of the molecule is NC(CC1CCOCC1)c1ccc(F)cc1. The summed E-state index contributed by atoms with van der Waals surface area (Å²) in [5, 5.41) is 0. The highest BCUT2D eigenvalue weighted by Gasteiger charge is 2.17. The fourth-order valence-electron chi connectivity index (χ4n) is 2.19. The molecule has 0 spiro atoms. The molecule has 1 fully saturated rings. The van der Waals surface area contributed by atoms with Crippen LogP contribution < -0.4 is 5.73 Å². The third kappa shape index (κ3) is 3.03. The Morgan fingerprint density at radius 3 is 2.50 bits per heavy atom. The molecule has 1 atom stereocenters. The Kier molecular flexibility index (Phi) is 3.91. The second-order valence-electron chi connectivity index (χ2n) is 4.45. The second kappa shape index (κ2) is 5.41. The van der Waals surface area contributed by atoms with Gasteiger partial charge >= 0.3 is 0 Å². The summed E-state index contributed by atoms with van der Waals surface area (Å²) in [5.74, 6) is 0.441. The van der Waals surface area contributed by atoms with Crippen molar-refractivity contribution in [3.05, 3.63) is 35.6 Å². The molecule has 1 unspecified atom stereocenters. The third-order valence-electron chi connectivity index (χ3n) is 3.23. The van der Waals surface area contributed by atoms with Crippen molar-refractivity contribution in [2.24, 2.45) is 11.7 Å². The van der Waals surface area contributed by atoms with Crippen LogP contribution in [0.25, 0.3) is 0 Å². The molecule has 16 heavy (non-hydrogen) atoms. The van der Waals surface area contributed by atoms with E-state index in [-0.39, 0.29) is 11.9 Å². The first-order chi connectivity index (χ1) is 7.75. The van der Waals surface area contributed by atoms with Crippen LogP contribution in [0.4, 0.5) is 4.39 Å². The topological polar surface area (TPSA) is 35.2 Å². The summed E-state index contributed by atoms with van der Waals surface area (Å²) in [4.78, 5) is 0. The maximum absolute atomic E-state index is 12.8. The van der Waals surface area contributed by atoms with E-state index < -0.39 is 0 Å². The van der Waals surface area contributed by atoms with Gasteiger partial charge in [0, 0.05) is 19.3 Å². The highest BCUT2D eigenvalue weighted by molar-refractivity contribution is 5.19. The van der Waals surface area contributed by atoms with Gasteiger partial charge in [-0.3, -0.25) is 0 Å². The molecule has 2 nitrogen and oxygen atoms in total. The summed E-state index contributed by atoms with van der Waals surface area (Å²) in [6, 6.07) is 6.51. The Morgan fingerprint density at radius 2 is 1.88 bits per heavy atom. The van der Waals surface area contributed by atoms with Crippen LogP contribution >= 0.6 is 0 Å². The average molecular weight is 223 g/mol. The smallest absolute Gasteiger partial charge is 0.123 e. The maximum Gasteiger partial charge on any atom is 0.123 e. The molecule has 1 aliphatic rings. The van der Waals surface area contributed by atoms with E-state index in [1.54, 1.807) is 12.1 Å². The van der Waals surface area contributed by atoms with Crippen LogP contribution in [0, 0.1) is 11.7 Å². The predicted octanol–water partition coefficient (Wildman–Crippen LogP) is 2.64. The van der Waals surface area contributed by atoms with Gasteiger partial charge in [0.1, 0.15) is 5.82 Å². The number of hydrogen-bond donors (Lipinski definition) is 1. The lowest BCUT2D eigenvalue weighted by Crippen LogP contribution is -2.21. The predicted molar refractivity (Wildman–Crippen MR) is 61.5 cm³/mol. The van der Waals surface area contributed by atoms with Gasteiger partial charge in [0.05, 0.1) is 0 Å². The minimum Gasteiger partial charge on any atom is -0.381 e. The number of hydrogen-bond acceptors (Lipinski definition) is 2. The van der Waals surface area contributed by atoms with Crippen LogP contribution in [0.2, 0.25) is 0 Å². The monoisotopic (exact) mass is 223 g/mol. The van der Waals surface area contributed by atoms with E-state index in [0.717, 1.165) is 38.0 Å². The molecule has 0 aliphatic carbocycles. The molecule has 2 rings (SSSR count). The summed E-state index contributed by atoms with van der Waals surface area (Å²) >= 11 is 0. The van der Waals surface area contributed by atoms with Gasteiger partial charge in [0.15, 0.2) is 0 Å². The molecular weight excluding hydrogens is 205 g/mol. The van der Waals surface area contributed by atoms with Crippen molar-refractivity contribution in [3.63, 3.8) is 0 Å². The molecular formula is C13H18FNO. The fraction of sp³-hybridized carbons (Fsp3) is 0.538. The summed E-state index contributed by atoms with van der Waals surface area (Å²) in [5.41, 5.74) is 7.13. The Morgan fingerprint density at radius 1 is 1.25 bits per heavy atom. The molecule has 1 saturated heterocycles. The summed E-state index contributed by atoms with van der Waals surface area (Å²) in [7, 11) is 0. The van der Waals surface area contributed by atoms with E-state index in [1.807, 2.05) is 0 Å². The molecule has 0 saturated carbocycles. The number of rotatable bonds is 3. The normalized spacial score (nSPS) is 19.6. The van der Waals surface area contributed by atoms with E-state index in [2.05, 4.69) is 0 Å². The molecule has 0 bridgehead atoms. The van der Waals surface area contributed by atoms with Crippen molar-refractivity contribution in [2.45, 2.75) is 25.3 Å². The van der Waals surface area contributed by atoms with E-state index >= 15 is 0 Å².